The fraction of sp³-hybridized carbons (Fsp3) is 0.556. The van der Waals surface area contributed by atoms with E-state index in [0.29, 0.717) is 12.1 Å². The minimum absolute atomic E-state index is 0.563. The molecule has 0 bridgehead atoms. The molecule has 0 aliphatic carbocycles. The summed E-state index contributed by atoms with van der Waals surface area (Å²) in [5, 5.41) is 3.72. The predicted octanol–water partition coefficient (Wildman–Crippen LogP) is 2.65. The van der Waals surface area contributed by atoms with Crippen LogP contribution in [0.4, 0.5) is 0 Å². The molecule has 21 heavy (non-hydrogen) atoms. The van der Waals surface area contributed by atoms with E-state index in [2.05, 4.69) is 53.4 Å². The molecule has 1 heterocycles. The van der Waals surface area contributed by atoms with E-state index in [0.717, 1.165) is 37.6 Å². The number of nitrogens with zero attached hydrogens (tertiary/aromatic N) is 1. The van der Waals surface area contributed by atoms with Crippen molar-refractivity contribution < 1.29 is 0 Å². The van der Waals surface area contributed by atoms with Gasteiger partial charge in [0.1, 0.15) is 0 Å². The normalized spacial score (nSPS) is 22.9. The van der Waals surface area contributed by atoms with Crippen LogP contribution in [-0.2, 0) is 6.42 Å². The fourth-order valence-electron chi connectivity index (χ4n) is 2.95. The molecular weight excluding hydrogens is 276 g/mol. The van der Waals surface area contributed by atoms with Crippen molar-refractivity contribution in [1.82, 2.24) is 10.2 Å². The highest BCUT2D eigenvalue weighted by molar-refractivity contribution is 7.99. The molecule has 1 aliphatic heterocycles. The molecule has 0 amide bonds. The van der Waals surface area contributed by atoms with Gasteiger partial charge in [-0.05, 0) is 18.4 Å². The van der Waals surface area contributed by atoms with Gasteiger partial charge in [0.2, 0.25) is 0 Å². The second-order valence-electron chi connectivity index (χ2n) is 5.61. The summed E-state index contributed by atoms with van der Waals surface area (Å²) in [6.07, 6.45) is 7.64. The standard InChI is InChI=1S/C18H26N2S/c1-3-11-21-12-10-20-15-17(19-14-18(20)4-2)13-16-8-6-5-7-9-16/h1,5-9,17-19H,4,10-15H2,2H3. The van der Waals surface area contributed by atoms with Crippen molar-refractivity contribution in [3.05, 3.63) is 35.9 Å². The topological polar surface area (TPSA) is 15.3 Å². The molecule has 0 saturated carbocycles. The average molecular weight is 302 g/mol. The molecule has 2 rings (SSSR count). The molecule has 1 saturated heterocycles. The van der Waals surface area contributed by atoms with E-state index in [4.69, 9.17) is 6.42 Å². The van der Waals surface area contributed by atoms with Crippen LogP contribution < -0.4 is 5.32 Å². The lowest BCUT2D eigenvalue weighted by Gasteiger charge is -2.40. The van der Waals surface area contributed by atoms with E-state index < -0.39 is 0 Å². The van der Waals surface area contributed by atoms with E-state index in [1.54, 1.807) is 0 Å². The van der Waals surface area contributed by atoms with E-state index in [-0.39, 0.29) is 0 Å². The Hall–Kier alpha value is -0.950. The van der Waals surface area contributed by atoms with Crippen LogP contribution in [0.5, 0.6) is 0 Å². The highest BCUT2D eigenvalue weighted by Crippen LogP contribution is 2.14. The molecule has 0 spiro atoms. The number of nitrogens with one attached hydrogen (secondary N) is 1. The molecule has 1 aromatic rings. The Bertz CT molecular complexity index is 440. The third kappa shape index (κ3) is 5.39. The smallest absolute Gasteiger partial charge is 0.0545 e. The first-order valence-corrected chi connectivity index (χ1v) is 9.01. The van der Waals surface area contributed by atoms with Crippen LogP contribution >= 0.6 is 11.8 Å². The number of thioether (sulfide) groups is 1. The third-order valence-electron chi connectivity index (χ3n) is 4.12. The molecule has 2 nitrogen and oxygen atoms in total. The van der Waals surface area contributed by atoms with Gasteiger partial charge >= 0.3 is 0 Å². The monoisotopic (exact) mass is 302 g/mol. The van der Waals surface area contributed by atoms with E-state index in [9.17, 15) is 0 Å². The average Bonchev–Trinajstić information content (AvgIpc) is 2.53. The van der Waals surface area contributed by atoms with E-state index >= 15 is 0 Å². The molecule has 2 unspecified atom stereocenters. The summed E-state index contributed by atoms with van der Waals surface area (Å²) in [7, 11) is 0. The Labute approximate surface area is 133 Å². The summed E-state index contributed by atoms with van der Waals surface area (Å²) in [4.78, 5) is 2.65. The van der Waals surface area contributed by atoms with Crippen molar-refractivity contribution in [2.45, 2.75) is 31.8 Å². The van der Waals surface area contributed by atoms with Gasteiger partial charge in [-0.2, -0.15) is 0 Å². The maximum absolute atomic E-state index is 5.31. The van der Waals surface area contributed by atoms with Crippen molar-refractivity contribution in [3.63, 3.8) is 0 Å². The largest absolute Gasteiger partial charge is 0.311 e. The lowest BCUT2D eigenvalue weighted by atomic mass is 10.0. The highest BCUT2D eigenvalue weighted by atomic mass is 32.2. The maximum atomic E-state index is 5.31. The van der Waals surface area contributed by atoms with Crippen LogP contribution in [0.3, 0.4) is 0 Å². The zero-order valence-electron chi connectivity index (χ0n) is 12.9. The van der Waals surface area contributed by atoms with Gasteiger partial charge in [-0.25, -0.2) is 0 Å². The summed E-state index contributed by atoms with van der Waals surface area (Å²) in [5.74, 6) is 4.67. The Balaban J connectivity index is 1.84. The Morgan fingerprint density at radius 3 is 2.90 bits per heavy atom. The summed E-state index contributed by atoms with van der Waals surface area (Å²) >= 11 is 1.87. The van der Waals surface area contributed by atoms with Crippen LogP contribution in [-0.4, -0.2) is 48.1 Å². The Morgan fingerprint density at radius 2 is 2.19 bits per heavy atom. The number of hydrogen-bond acceptors (Lipinski definition) is 3. The summed E-state index contributed by atoms with van der Waals surface area (Å²) in [6, 6.07) is 12.0. The molecule has 1 aromatic carbocycles. The van der Waals surface area contributed by atoms with Crippen LogP contribution in [0.25, 0.3) is 0 Å². The van der Waals surface area contributed by atoms with Crippen molar-refractivity contribution in [1.29, 1.82) is 0 Å². The summed E-state index contributed by atoms with van der Waals surface area (Å²) < 4.78 is 0. The quantitative estimate of drug-likeness (QED) is 0.616. The minimum Gasteiger partial charge on any atom is -0.311 e. The first-order valence-electron chi connectivity index (χ1n) is 7.86. The lowest BCUT2D eigenvalue weighted by Crippen LogP contribution is -2.57. The zero-order chi connectivity index (χ0) is 14.9. The first-order chi connectivity index (χ1) is 10.3. The molecule has 2 atom stereocenters. The molecule has 1 N–H and O–H groups in total. The summed E-state index contributed by atoms with van der Waals surface area (Å²) in [6.45, 7) is 5.68. The molecular formula is C18H26N2S. The SMILES string of the molecule is C#CCSCCN1CC(Cc2ccccc2)NCC1CC. The second-order valence-corrected chi connectivity index (χ2v) is 6.71. The number of terminal acetylenes is 1. The molecule has 114 valence electrons. The van der Waals surface area contributed by atoms with Crippen molar-refractivity contribution in [2.24, 2.45) is 0 Å². The number of piperazine rings is 1. The van der Waals surface area contributed by atoms with Gasteiger partial charge < -0.3 is 5.32 Å². The highest BCUT2D eigenvalue weighted by Gasteiger charge is 2.26. The maximum Gasteiger partial charge on any atom is 0.0545 e. The third-order valence-corrected chi connectivity index (χ3v) is 4.96. The molecule has 0 radical (unpaired) electrons. The van der Waals surface area contributed by atoms with Crippen LogP contribution in [0.15, 0.2) is 30.3 Å². The van der Waals surface area contributed by atoms with Crippen molar-refractivity contribution in [2.75, 3.05) is 31.1 Å². The first kappa shape index (κ1) is 16.4. The number of hydrogen-bond donors (Lipinski definition) is 1. The predicted molar refractivity (Wildman–Crippen MR) is 93.7 cm³/mol. The van der Waals surface area contributed by atoms with Gasteiger partial charge in [0, 0.05) is 37.5 Å². The second kappa shape index (κ2) is 9.15. The van der Waals surface area contributed by atoms with Crippen LogP contribution in [0.2, 0.25) is 0 Å². The zero-order valence-corrected chi connectivity index (χ0v) is 13.7. The van der Waals surface area contributed by atoms with Gasteiger partial charge in [-0.3, -0.25) is 4.90 Å². The number of rotatable bonds is 7. The van der Waals surface area contributed by atoms with Gasteiger partial charge in [-0.15, -0.1) is 18.2 Å². The van der Waals surface area contributed by atoms with Gasteiger partial charge in [0.25, 0.3) is 0 Å². The van der Waals surface area contributed by atoms with Gasteiger partial charge in [-0.1, -0.05) is 43.2 Å². The number of benzene rings is 1. The van der Waals surface area contributed by atoms with Gasteiger partial charge in [0.05, 0.1) is 5.75 Å². The Kier molecular flexibility index (Phi) is 7.15. The van der Waals surface area contributed by atoms with Gasteiger partial charge in [0.15, 0.2) is 0 Å². The molecule has 1 fully saturated rings. The molecule has 1 aliphatic rings. The minimum atomic E-state index is 0.563. The van der Waals surface area contributed by atoms with E-state index in [1.165, 1.54) is 12.0 Å². The van der Waals surface area contributed by atoms with Crippen molar-refractivity contribution >= 4 is 11.8 Å². The van der Waals surface area contributed by atoms with E-state index in [1.807, 2.05) is 11.8 Å². The van der Waals surface area contributed by atoms with Crippen LogP contribution in [0, 0.1) is 12.3 Å². The van der Waals surface area contributed by atoms with Crippen molar-refractivity contribution in [3.8, 4) is 12.3 Å². The summed E-state index contributed by atoms with van der Waals surface area (Å²) in [5.41, 5.74) is 1.42. The Morgan fingerprint density at radius 1 is 1.38 bits per heavy atom. The van der Waals surface area contributed by atoms with Crippen LogP contribution in [0.1, 0.15) is 18.9 Å². The fourth-order valence-corrected chi connectivity index (χ4v) is 3.58. The molecule has 3 heteroatoms. The lowest BCUT2D eigenvalue weighted by molar-refractivity contribution is 0.134. The molecule has 0 aromatic heterocycles.